The lowest BCUT2D eigenvalue weighted by atomic mass is 9.98. The van der Waals surface area contributed by atoms with Gasteiger partial charge in [0.15, 0.2) is 0 Å². The van der Waals surface area contributed by atoms with E-state index in [0.29, 0.717) is 16.3 Å². The molecular formula is C16H22ClNO5. The van der Waals surface area contributed by atoms with Gasteiger partial charge in [0.1, 0.15) is 11.4 Å². The molecule has 0 saturated carbocycles. The van der Waals surface area contributed by atoms with Crippen LogP contribution in [0.3, 0.4) is 0 Å². The topological polar surface area (TPSA) is 84.9 Å². The summed E-state index contributed by atoms with van der Waals surface area (Å²) >= 11 is 5.94. The third kappa shape index (κ3) is 6.78. The number of carbonyl (C=O) groups excluding carboxylic acids is 1. The van der Waals surface area contributed by atoms with Crippen molar-refractivity contribution in [2.24, 2.45) is 5.92 Å². The molecule has 0 aliphatic heterocycles. The van der Waals surface area contributed by atoms with Gasteiger partial charge in [0.2, 0.25) is 0 Å². The summed E-state index contributed by atoms with van der Waals surface area (Å²) in [5.41, 5.74) is 0.0253. The van der Waals surface area contributed by atoms with Crippen LogP contribution in [0.5, 0.6) is 5.75 Å². The Balaban J connectivity index is 2.75. The molecule has 23 heavy (non-hydrogen) atoms. The number of aliphatic carboxylic acids is 1. The van der Waals surface area contributed by atoms with Gasteiger partial charge in [-0.2, -0.15) is 0 Å². The van der Waals surface area contributed by atoms with Crippen molar-refractivity contribution >= 4 is 23.7 Å². The van der Waals surface area contributed by atoms with Gasteiger partial charge in [-0.25, -0.2) is 4.79 Å². The highest BCUT2D eigenvalue weighted by molar-refractivity contribution is 6.30. The Morgan fingerprint density at radius 3 is 2.52 bits per heavy atom. The van der Waals surface area contributed by atoms with Crippen molar-refractivity contribution in [2.75, 3.05) is 13.7 Å². The lowest BCUT2D eigenvalue weighted by Crippen LogP contribution is -2.37. The smallest absolute Gasteiger partial charge is 0.407 e. The first-order chi connectivity index (χ1) is 10.6. The van der Waals surface area contributed by atoms with Crippen LogP contribution in [0, 0.1) is 5.92 Å². The Labute approximate surface area is 140 Å². The van der Waals surface area contributed by atoms with Gasteiger partial charge in [-0.15, -0.1) is 0 Å². The standard InChI is InChI=1S/C16H22ClNO5/c1-16(2,3)23-15(21)18-9-11(14(19)20)7-10-8-12(17)5-6-13(10)22-4/h5-6,8,11H,7,9H2,1-4H3,(H,18,21)(H,19,20)/t11-/m0/s1. The predicted molar refractivity (Wildman–Crippen MR) is 87.1 cm³/mol. The molecule has 0 spiro atoms. The van der Waals surface area contributed by atoms with E-state index in [1.54, 1.807) is 39.0 Å². The molecule has 1 atom stereocenters. The first kappa shape index (κ1) is 19.1. The summed E-state index contributed by atoms with van der Waals surface area (Å²) < 4.78 is 10.3. The number of hydrogen-bond acceptors (Lipinski definition) is 4. The number of carbonyl (C=O) groups is 2. The summed E-state index contributed by atoms with van der Waals surface area (Å²) in [5.74, 6) is -1.30. The SMILES string of the molecule is COc1ccc(Cl)cc1C[C@@H](CNC(=O)OC(C)(C)C)C(=O)O. The fraction of sp³-hybridized carbons (Fsp3) is 0.500. The Kier molecular flexibility index (Phi) is 6.69. The minimum atomic E-state index is -1.02. The number of rotatable bonds is 6. The van der Waals surface area contributed by atoms with E-state index in [-0.39, 0.29) is 13.0 Å². The maximum Gasteiger partial charge on any atom is 0.407 e. The molecule has 2 N–H and O–H groups in total. The molecule has 1 rings (SSSR count). The van der Waals surface area contributed by atoms with E-state index >= 15 is 0 Å². The van der Waals surface area contributed by atoms with Gasteiger partial charge in [-0.1, -0.05) is 11.6 Å². The zero-order chi connectivity index (χ0) is 17.6. The summed E-state index contributed by atoms with van der Waals surface area (Å²) in [4.78, 5) is 23.1. The molecule has 0 radical (unpaired) electrons. The average Bonchev–Trinajstić information content (AvgIpc) is 2.41. The molecule has 0 bridgehead atoms. The van der Waals surface area contributed by atoms with Crippen LogP contribution in [0.4, 0.5) is 4.79 Å². The second kappa shape index (κ2) is 8.06. The molecule has 128 valence electrons. The van der Waals surface area contributed by atoms with Crippen LogP contribution >= 0.6 is 11.6 Å². The largest absolute Gasteiger partial charge is 0.496 e. The fourth-order valence-corrected chi connectivity index (χ4v) is 2.13. The number of carboxylic acid groups (broad SMARTS) is 1. The second-order valence-corrected chi connectivity index (χ2v) is 6.51. The Hall–Kier alpha value is -1.95. The van der Waals surface area contributed by atoms with E-state index < -0.39 is 23.6 Å². The van der Waals surface area contributed by atoms with E-state index in [1.165, 1.54) is 7.11 Å². The van der Waals surface area contributed by atoms with Crippen molar-refractivity contribution in [2.45, 2.75) is 32.8 Å². The summed E-state index contributed by atoms with van der Waals surface area (Å²) in [6.07, 6.45) is -0.476. The molecule has 0 saturated heterocycles. The number of nitrogens with one attached hydrogen (secondary N) is 1. The summed E-state index contributed by atoms with van der Waals surface area (Å²) in [7, 11) is 1.50. The molecule has 0 fully saturated rings. The Bertz CT molecular complexity index is 568. The molecule has 7 heteroatoms. The van der Waals surface area contributed by atoms with E-state index in [2.05, 4.69) is 5.32 Å². The fourth-order valence-electron chi connectivity index (χ4n) is 1.94. The van der Waals surface area contributed by atoms with Crippen molar-refractivity contribution in [3.63, 3.8) is 0 Å². The highest BCUT2D eigenvalue weighted by atomic mass is 35.5. The van der Waals surface area contributed by atoms with Gasteiger partial charge >= 0.3 is 12.1 Å². The van der Waals surface area contributed by atoms with Gasteiger partial charge < -0.3 is 19.9 Å². The van der Waals surface area contributed by atoms with Gasteiger partial charge in [0, 0.05) is 11.6 Å². The summed E-state index contributed by atoms with van der Waals surface area (Å²) in [6.45, 7) is 5.15. The zero-order valence-electron chi connectivity index (χ0n) is 13.7. The summed E-state index contributed by atoms with van der Waals surface area (Å²) in [6, 6.07) is 5.00. The van der Waals surface area contributed by atoms with Gasteiger partial charge in [0.25, 0.3) is 0 Å². The number of hydrogen-bond donors (Lipinski definition) is 2. The van der Waals surface area contributed by atoms with Crippen LogP contribution in [0.25, 0.3) is 0 Å². The molecule has 1 amide bonds. The monoisotopic (exact) mass is 343 g/mol. The van der Waals surface area contributed by atoms with Gasteiger partial charge in [-0.05, 0) is 51.0 Å². The molecular weight excluding hydrogens is 322 g/mol. The van der Waals surface area contributed by atoms with Gasteiger partial charge in [0.05, 0.1) is 13.0 Å². The Morgan fingerprint density at radius 1 is 1.35 bits per heavy atom. The van der Waals surface area contributed by atoms with Crippen LogP contribution in [0.1, 0.15) is 26.3 Å². The van der Waals surface area contributed by atoms with Crippen LogP contribution < -0.4 is 10.1 Å². The van der Waals surface area contributed by atoms with Crippen molar-refractivity contribution in [1.29, 1.82) is 0 Å². The summed E-state index contributed by atoms with van der Waals surface area (Å²) in [5, 5.41) is 12.3. The molecule has 0 aliphatic carbocycles. The lowest BCUT2D eigenvalue weighted by Gasteiger charge is -2.21. The molecule has 0 unspecified atom stereocenters. The zero-order valence-corrected chi connectivity index (χ0v) is 14.4. The highest BCUT2D eigenvalue weighted by Crippen LogP contribution is 2.25. The number of amides is 1. The van der Waals surface area contributed by atoms with Gasteiger partial charge in [-0.3, -0.25) is 4.79 Å². The number of methoxy groups -OCH3 is 1. The van der Waals surface area contributed by atoms with E-state index in [4.69, 9.17) is 21.1 Å². The molecule has 1 aromatic carbocycles. The normalized spacial score (nSPS) is 12.4. The average molecular weight is 344 g/mol. The third-order valence-corrected chi connectivity index (χ3v) is 3.18. The predicted octanol–water partition coefficient (Wildman–Crippen LogP) is 3.12. The number of carboxylic acids is 1. The minimum absolute atomic E-state index is 0.0556. The van der Waals surface area contributed by atoms with E-state index in [1.807, 2.05) is 0 Å². The highest BCUT2D eigenvalue weighted by Gasteiger charge is 2.23. The molecule has 6 nitrogen and oxygen atoms in total. The second-order valence-electron chi connectivity index (χ2n) is 6.08. The van der Waals surface area contributed by atoms with E-state index in [9.17, 15) is 14.7 Å². The number of alkyl carbamates (subject to hydrolysis) is 1. The maximum atomic E-state index is 11.6. The number of benzene rings is 1. The molecule has 0 aliphatic rings. The van der Waals surface area contributed by atoms with Crippen LogP contribution in [0.15, 0.2) is 18.2 Å². The first-order valence-corrected chi connectivity index (χ1v) is 7.52. The molecule has 1 aromatic rings. The van der Waals surface area contributed by atoms with Crippen LogP contribution in [0.2, 0.25) is 5.02 Å². The van der Waals surface area contributed by atoms with Crippen LogP contribution in [-0.2, 0) is 16.0 Å². The van der Waals surface area contributed by atoms with Crippen molar-refractivity contribution in [3.8, 4) is 5.75 Å². The molecule has 0 heterocycles. The van der Waals surface area contributed by atoms with Crippen LogP contribution in [-0.4, -0.2) is 36.4 Å². The molecule has 0 aromatic heterocycles. The third-order valence-electron chi connectivity index (χ3n) is 2.95. The number of ether oxygens (including phenoxy) is 2. The van der Waals surface area contributed by atoms with E-state index in [0.717, 1.165) is 0 Å². The Morgan fingerprint density at radius 2 is 2.00 bits per heavy atom. The maximum absolute atomic E-state index is 11.6. The quantitative estimate of drug-likeness (QED) is 0.829. The minimum Gasteiger partial charge on any atom is -0.496 e. The van der Waals surface area contributed by atoms with Crippen molar-refractivity contribution in [3.05, 3.63) is 28.8 Å². The number of halogens is 1. The first-order valence-electron chi connectivity index (χ1n) is 7.14. The van der Waals surface area contributed by atoms with Crippen molar-refractivity contribution < 1.29 is 24.2 Å². The van der Waals surface area contributed by atoms with Crippen molar-refractivity contribution in [1.82, 2.24) is 5.32 Å². The lowest BCUT2D eigenvalue weighted by molar-refractivity contribution is -0.141.